The molecular formula is C12H17ClO5. The van der Waals surface area contributed by atoms with E-state index in [1.165, 1.54) is 12.5 Å². The van der Waals surface area contributed by atoms with Crippen molar-refractivity contribution in [1.29, 1.82) is 0 Å². The summed E-state index contributed by atoms with van der Waals surface area (Å²) in [6, 6.07) is 0. The lowest BCUT2D eigenvalue weighted by atomic mass is 10.5. The van der Waals surface area contributed by atoms with E-state index in [4.69, 9.17) is 16.3 Å². The van der Waals surface area contributed by atoms with Gasteiger partial charge in [0.25, 0.3) is 0 Å². The molecule has 1 heterocycles. The predicted octanol–water partition coefficient (Wildman–Crippen LogP) is 2.18. The minimum Gasteiger partial charge on any atom is -0.460 e. The third-order valence-electron chi connectivity index (χ3n) is 1.23. The van der Waals surface area contributed by atoms with E-state index in [-0.39, 0.29) is 18.0 Å². The molecule has 1 rings (SSSR count). The van der Waals surface area contributed by atoms with Crippen molar-refractivity contribution in [3.63, 3.8) is 0 Å². The Hall–Kier alpha value is -1.59. The second-order valence-electron chi connectivity index (χ2n) is 2.72. The average Bonchev–Trinajstić information content (AvgIpc) is 3.11. The van der Waals surface area contributed by atoms with Gasteiger partial charge in [-0.3, -0.25) is 4.79 Å². The average molecular weight is 277 g/mol. The summed E-state index contributed by atoms with van der Waals surface area (Å²) in [5.41, 5.74) is 1.22. The Balaban J connectivity index is 0. The fourth-order valence-electron chi connectivity index (χ4n) is 0.516. The molecule has 0 radical (unpaired) electrons. The Morgan fingerprint density at radius 2 is 1.94 bits per heavy atom. The van der Waals surface area contributed by atoms with Crippen LogP contribution in [0.15, 0.2) is 37.6 Å². The third-order valence-corrected chi connectivity index (χ3v) is 1.23. The summed E-state index contributed by atoms with van der Waals surface area (Å²) in [5, 5.41) is 0. The van der Waals surface area contributed by atoms with E-state index >= 15 is 0 Å². The minimum absolute atomic E-state index is 0.147. The number of carbonyl (C=O) groups excluding carboxylic acids is 2. The van der Waals surface area contributed by atoms with Crippen molar-refractivity contribution in [2.75, 3.05) is 13.2 Å². The molecule has 1 fully saturated rings. The fraction of sp³-hybridized carbons (Fsp3) is 0.333. The van der Waals surface area contributed by atoms with E-state index in [1.807, 2.05) is 0 Å². The first-order valence-electron chi connectivity index (χ1n) is 4.91. The Labute approximate surface area is 112 Å². The smallest absolute Gasteiger partial charge is 0.330 e. The van der Waals surface area contributed by atoms with Crippen molar-refractivity contribution in [3.8, 4) is 0 Å². The van der Waals surface area contributed by atoms with Crippen molar-refractivity contribution >= 4 is 23.5 Å². The molecule has 0 amide bonds. The summed E-state index contributed by atoms with van der Waals surface area (Å²) < 4.78 is 13.6. The van der Waals surface area contributed by atoms with Gasteiger partial charge in [0, 0.05) is 13.0 Å². The first-order chi connectivity index (χ1) is 8.51. The van der Waals surface area contributed by atoms with Gasteiger partial charge in [-0.1, -0.05) is 31.3 Å². The van der Waals surface area contributed by atoms with Gasteiger partial charge in [-0.2, -0.15) is 0 Å². The van der Waals surface area contributed by atoms with Gasteiger partial charge in [-0.15, -0.1) is 0 Å². The summed E-state index contributed by atoms with van der Waals surface area (Å²) >= 11 is 4.76. The number of esters is 2. The van der Waals surface area contributed by atoms with Gasteiger partial charge in [-0.05, 0) is 5.54 Å². The zero-order valence-corrected chi connectivity index (χ0v) is 11.0. The lowest BCUT2D eigenvalue weighted by Crippen LogP contribution is -2.06. The number of rotatable bonds is 4. The molecule has 1 aliphatic rings. The van der Waals surface area contributed by atoms with Crippen LogP contribution in [0.4, 0.5) is 0 Å². The highest BCUT2D eigenvalue weighted by atomic mass is 35.5. The van der Waals surface area contributed by atoms with Gasteiger partial charge < -0.3 is 14.2 Å². The molecule has 1 saturated heterocycles. The van der Waals surface area contributed by atoms with E-state index < -0.39 is 0 Å². The Morgan fingerprint density at radius 3 is 2.17 bits per heavy atom. The van der Waals surface area contributed by atoms with Crippen LogP contribution in [0, 0.1) is 0 Å². The topological polar surface area (TPSA) is 65.1 Å². The molecule has 5 nitrogen and oxygen atoms in total. The molecule has 1 unspecified atom stereocenters. The van der Waals surface area contributed by atoms with E-state index in [2.05, 4.69) is 29.2 Å². The largest absolute Gasteiger partial charge is 0.460 e. The molecule has 18 heavy (non-hydrogen) atoms. The summed E-state index contributed by atoms with van der Waals surface area (Å²) in [6.45, 7) is 11.9. The van der Waals surface area contributed by atoms with Crippen LogP contribution in [-0.2, 0) is 23.8 Å². The molecule has 102 valence electrons. The van der Waals surface area contributed by atoms with Crippen molar-refractivity contribution in [2.24, 2.45) is 0 Å². The molecule has 0 spiro atoms. The van der Waals surface area contributed by atoms with Crippen molar-refractivity contribution in [1.82, 2.24) is 0 Å². The molecule has 1 aliphatic heterocycles. The van der Waals surface area contributed by atoms with Crippen molar-refractivity contribution in [2.45, 2.75) is 13.0 Å². The highest BCUT2D eigenvalue weighted by Gasteiger charge is 2.23. The third kappa shape index (κ3) is 19.9. The molecule has 0 aromatic carbocycles. The van der Waals surface area contributed by atoms with Gasteiger partial charge in [-0.25, -0.2) is 4.79 Å². The number of halogens is 1. The summed E-state index contributed by atoms with van der Waals surface area (Å²) in [5.74, 6) is -0.712. The lowest BCUT2D eigenvalue weighted by Gasteiger charge is -1.94. The molecule has 0 aliphatic carbocycles. The first kappa shape index (κ1) is 18.8. The van der Waals surface area contributed by atoms with E-state index in [0.29, 0.717) is 13.2 Å². The number of hydrogen-bond donors (Lipinski definition) is 0. The molecule has 6 heteroatoms. The van der Waals surface area contributed by atoms with Gasteiger partial charge in [0.2, 0.25) is 0 Å². The van der Waals surface area contributed by atoms with Gasteiger partial charge in [0.15, 0.2) is 0 Å². The molecule has 0 aromatic rings. The molecule has 0 N–H and O–H groups in total. The quantitative estimate of drug-likeness (QED) is 0.341. The number of ether oxygens (including phenoxy) is 3. The van der Waals surface area contributed by atoms with Crippen LogP contribution >= 0.6 is 11.6 Å². The summed E-state index contributed by atoms with van der Waals surface area (Å²) in [6.07, 6.45) is 2.39. The van der Waals surface area contributed by atoms with Crippen LogP contribution in [0.25, 0.3) is 0 Å². The van der Waals surface area contributed by atoms with E-state index in [0.717, 1.165) is 12.3 Å². The van der Waals surface area contributed by atoms with Crippen LogP contribution in [0.5, 0.6) is 0 Å². The van der Waals surface area contributed by atoms with Crippen molar-refractivity contribution in [3.05, 3.63) is 37.6 Å². The highest BCUT2D eigenvalue weighted by Crippen LogP contribution is 2.08. The van der Waals surface area contributed by atoms with Gasteiger partial charge in [0.1, 0.15) is 12.7 Å². The molecular weight excluding hydrogens is 260 g/mol. The lowest BCUT2D eigenvalue weighted by molar-refractivity contribution is -0.138. The SMILES string of the molecule is C=CC(=O)OCC1CO1.C=CCl.C=COC(C)=O. The zero-order valence-electron chi connectivity index (χ0n) is 10.3. The zero-order chi connectivity index (χ0) is 14.4. The van der Waals surface area contributed by atoms with Crippen LogP contribution < -0.4 is 0 Å². The fourth-order valence-corrected chi connectivity index (χ4v) is 0.516. The van der Waals surface area contributed by atoms with Crippen LogP contribution in [0.2, 0.25) is 0 Å². The molecule has 0 bridgehead atoms. The van der Waals surface area contributed by atoms with E-state index in [1.54, 1.807) is 0 Å². The first-order valence-corrected chi connectivity index (χ1v) is 5.35. The maximum Gasteiger partial charge on any atom is 0.330 e. The summed E-state index contributed by atoms with van der Waals surface area (Å²) in [7, 11) is 0. The van der Waals surface area contributed by atoms with Gasteiger partial charge in [0.05, 0.1) is 12.9 Å². The van der Waals surface area contributed by atoms with Crippen LogP contribution in [-0.4, -0.2) is 31.3 Å². The summed E-state index contributed by atoms with van der Waals surface area (Å²) in [4.78, 5) is 20.1. The second kappa shape index (κ2) is 13.5. The number of hydrogen-bond acceptors (Lipinski definition) is 5. The second-order valence-corrected chi connectivity index (χ2v) is 3.03. The van der Waals surface area contributed by atoms with Crippen molar-refractivity contribution < 1.29 is 23.8 Å². The molecule has 0 aromatic heterocycles. The number of carbonyl (C=O) groups is 2. The maximum atomic E-state index is 10.3. The number of epoxide rings is 1. The standard InChI is InChI=1S/C6H8O3.C4H6O2.C2H3Cl/c1-2-6(7)9-4-5-3-8-5;1-3-6-4(2)5;1-2-3/h2,5H,1,3-4H2;3H,1H2,2H3;2H,1H2. The molecule has 0 saturated carbocycles. The van der Waals surface area contributed by atoms with Gasteiger partial charge >= 0.3 is 11.9 Å². The van der Waals surface area contributed by atoms with Crippen LogP contribution in [0.1, 0.15) is 6.92 Å². The Kier molecular flexibility index (Phi) is 14.0. The maximum absolute atomic E-state index is 10.3. The van der Waals surface area contributed by atoms with E-state index in [9.17, 15) is 9.59 Å². The Bertz CT molecular complexity index is 284. The highest BCUT2D eigenvalue weighted by molar-refractivity contribution is 6.25. The minimum atomic E-state index is -0.384. The Morgan fingerprint density at radius 1 is 1.44 bits per heavy atom. The monoisotopic (exact) mass is 276 g/mol. The van der Waals surface area contributed by atoms with Crippen LogP contribution in [0.3, 0.4) is 0 Å². The normalized spacial score (nSPS) is 14.4. The molecule has 1 atom stereocenters. The predicted molar refractivity (Wildman–Crippen MR) is 68.9 cm³/mol.